The van der Waals surface area contributed by atoms with Gasteiger partial charge in [0.2, 0.25) is 0 Å². The first-order chi connectivity index (χ1) is 30.7. The number of fused-ring (bicyclic) bond motifs is 9. The van der Waals surface area contributed by atoms with Gasteiger partial charge in [0.25, 0.3) is 0 Å². The molecule has 5 heteroatoms. The molecule has 0 amide bonds. The highest BCUT2D eigenvalue weighted by Gasteiger charge is 2.36. The quantitative estimate of drug-likeness (QED) is 0.185. The number of rotatable bonds is 5. The number of nitrogens with one attached hydrogen (secondary N) is 1. The van der Waals surface area contributed by atoms with E-state index in [2.05, 4.69) is 178 Å². The first-order valence-electron chi connectivity index (χ1n) is 22.7. The fourth-order valence-corrected chi connectivity index (χ4v) is 11.2. The number of hydrogen-bond acceptors (Lipinski definition) is 3. The summed E-state index contributed by atoms with van der Waals surface area (Å²) < 4.78 is 5.16. The molecule has 6 aromatic rings. The van der Waals surface area contributed by atoms with Crippen LogP contribution < -0.4 is 15.9 Å². The van der Waals surface area contributed by atoms with Crippen molar-refractivity contribution in [2.45, 2.75) is 57.5 Å². The van der Waals surface area contributed by atoms with Gasteiger partial charge < -0.3 is 14.5 Å². The monoisotopic (exact) mass is 801 g/mol. The van der Waals surface area contributed by atoms with Gasteiger partial charge in [0.05, 0.1) is 21.9 Å². The Hall–Kier alpha value is -6.98. The summed E-state index contributed by atoms with van der Waals surface area (Å²) >= 11 is 0. The van der Waals surface area contributed by atoms with E-state index in [4.69, 9.17) is 9.98 Å². The van der Waals surface area contributed by atoms with Crippen LogP contribution in [0, 0.1) is 11.8 Å². The van der Waals surface area contributed by atoms with Gasteiger partial charge in [0.1, 0.15) is 12.0 Å². The minimum atomic E-state index is -0.229. The lowest BCUT2D eigenvalue weighted by molar-refractivity contribution is 0.471. The minimum absolute atomic E-state index is 0.0391. The number of hydrogen-bond donors (Lipinski definition) is 1. The summed E-state index contributed by atoms with van der Waals surface area (Å²) in [6.45, 7) is 0. The van der Waals surface area contributed by atoms with Crippen molar-refractivity contribution in [3.63, 3.8) is 0 Å². The summed E-state index contributed by atoms with van der Waals surface area (Å²) in [5.74, 6) is 2.09. The highest BCUT2D eigenvalue weighted by Crippen LogP contribution is 2.43. The van der Waals surface area contributed by atoms with Crippen LogP contribution in [0.1, 0.15) is 61.6 Å². The Labute approximate surface area is 361 Å². The van der Waals surface area contributed by atoms with Gasteiger partial charge in [0.15, 0.2) is 5.84 Å². The Kier molecular flexibility index (Phi) is 8.25. The molecule has 3 unspecified atom stereocenters. The second-order valence-corrected chi connectivity index (χ2v) is 17.8. The number of aryl methyl sites for hydroxylation is 1. The van der Waals surface area contributed by atoms with Gasteiger partial charge in [-0.15, -0.1) is 0 Å². The molecule has 2 aromatic heterocycles. The van der Waals surface area contributed by atoms with Gasteiger partial charge in [-0.2, -0.15) is 0 Å². The van der Waals surface area contributed by atoms with Crippen LogP contribution in [0.3, 0.4) is 0 Å². The zero-order chi connectivity index (χ0) is 40.7. The Morgan fingerprint density at radius 2 is 1.55 bits per heavy atom. The van der Waals surface area contributed by atoms with Crippen molar-refractivity contribution < 1.29 is 0 Å². The second kappa shape index (κ2) is 14.3. The molecule has 0 saturated carbocycles. The molecule has 300 valence electrons. The first-order valence-corrected chi connectivity index (χ1v) is 22.7. The molecule has 0 spiro atoms. The molecule has 3 atom stereocenters. The second-order valence-electron chi connectivity index (χ2n) is 17.8. The van der Waals surface area contributed by atoms with Crippen LogP contribution in [0.25, 0.3) is 62.3 Å². The van der Waals surface area contributed by atoms with Gasteiger partial charge in [-0.25, -0.2) is 9.98 Å². The maximum absolute atomic E-state index is 5.53. The van der Waals surface area contributed by atoms with E-state index in [0.717, 1.165) is 74.2 Å². The van der Waals surface area contributed by atoms with Crippen molar-refractivity contribution in [3.05, 3.63) is 195 Å². The Morgan fingerprint density at radius 3 is 2.48 bits per heavy atom. The van der Waals surface area contributed by atoms with Gasteiger partial charge in [0, 0.05) is 55.7 Å². The normalized spacial score (nSPS) is 22.4. The summed E-state index contributed by atoms with van der Waals surface area (Å²) in [4.78, 5) is 10.7. The number of amidine groups is 2. The lowest BCUT2D eigenvalue weighted by atomic mass is 9.80. The van der Waals surface area contributed by atoms with Gasteiger partial charge in [-0.1, -0.05) is 121 Å². The third-order valence-corrected chi connectivity index (χ3v) is 14.2. The van der Waals surface area contributed by atoms with Crippen LogP contribution in [0.5, 0.6) is 0 Å². The molecular weight excluding hydrogens is 755 g/mol. The first kappa shape index (κ1) is 35.7. The zero-order valence-electron chi connectivity index (χ0n) is 34.8. The van der Waals surface area contributed by atoms with Crippen molar-refractivity contribution in [3.8, 4) is 5.69 Å². The minimum Gasteiger partial charge on any atom is -0.347 e. The smallest absolute Gasteiger partial charge is 0.159 e. The van der Waals surface area contributed by atoms with E-state index in [1.54, 1.807) is 0 Å². The number of aliphatic imine (C=N–C) groups is 2. The lowest BCUT2D eigenvalue weighted by Crippen LogP contribution is -2.46. The van der Waals surface area contributed by atoms with E-state index in [-0.39, 0.29) is 12.1 Å². The Balaban J connectivity index is 1.05. The van der Waals surface area contributed by atoms with E-state index in [1.165, 1.54) is 82.5 Å². The summed E-state index contributed by atoms with van der Waals surface area (Å²) in [7, 11) is 0. The summed E-state index contributed by atoms with van der Waals surface area (Å²) in [6, 6.07) is 31.6. The highest BCUT2D eigenvalue weighted by atomic mass is 15.2. The van der Waals surface area contributed by atoms with E-state index >= 15 is 0 Å². The summed E-state index contributed by atoms with van der Waals surface area (Å²) in [5.41, 5.74) is 15.4. The number of allylic oxidation sites excluding steroid dienone is 12. The molecule has 7 aliphatic rings. The average Bonchev–Trinajstić information content (AvgIpc) is 3.83. The largest absolute Gasteiger partial charge is 0.347 e. The van der Waals surface area contributed by atoms with Crippen molar-refractivity contribution in [1.29, 1.82) is 0 Å². The number of aromatic nitrogens is 2. The van der Waals surface area contributed by atoms with Crippen LogP contribution in [0.15, 0.2) is 178 Å². The number of benzene rings is 4. The fourth-order valence-electron chi connectivity index (χ4n) is 11.2. The standard InChI is InChI=1S/C57H47N5/c1-3-16-37(17-4-1)55-58-56(38-18-5-2-6-19-38)60-57(59-55)46-29-27-36-15-11-12-24-44(36)54(46)62-51-30-28-43(35-49(51)48-32-40-21-8-10-23-42(40)34-53(48)62)61-50-26-14-13-25-45(50)47-31-39-20-7-9-22-41(39)33-52(47)61/h1,3-5,7-8,10,12-14,16-20,23-28,30-35,40,46,57H,2,6,9,11,15,21-22,29H2,(H,58,59,60). The van der Waals surface area contributed by atoms with Crippen LogP contribution in [0.2, 0.25) is 0 Å². The van der Waals surface area contributed by atoms with E-state index in [9.17, 15) is 0 Å². The maximum Gasteiger partial charge on any atom is 0.159 e. The van der Waals surface area contributed by atoms with Crippen LogP contribution in [-0.2, 0) is 6.42 Å². The molecule has 0 bridgehead atoms. The molecule has 1 aliphatic heterocycles. The SMILES string of the molecule is C1=CCC2C=c3c(n(C4=C5C=CCCC5=CCC4C4N=C(c5ccccc5)N=C(C5=CCCC=C5)N4)c4ccc(-n5c6ccccc6c6cc7c(cc65)CCC=C7)cc34)=CC2=C1. The van der Waals surface area contributed by atoms with Crippen LogP contribution in [0.4, 0.5) is 0 Å². The van der Waals surface area contributed by atoms with Crippen molar-refractivity contribution >= 4 is 68.3 Å². The average molecular weight is 802 g/mol. The fraction of sp³-hybridized carbons (Fsp3) is 0.193. The Morgan fingerprint density at radius 1 is 0.677 bits per heavy atom. The van der Waals surface area contributed by atoms with E-state index in [1.807, 2.05) is 0 Å². The molecule has 0 saturated heterocycles. The highest BCUT2D eigenvalue weighted by molar-refractivity contribution is 6.14. The lowest BCUT2D eigenvalue weighted by Gasteiger charge is -2.36. The van der Waals surface area contributed by atoms with Gasteiger partial charge in [-0.3, -0.25) is 0 Å². The third kappa shape index (κ3) is 5.67. The molecule has 62 heavy (non-hydrogen) atoms. The van der Waals surface area contributed by atoms with Crippen molar-refractivity contribution in [2.24, 2.45) is 21.8 Å². The molecule has 3 heterocycles. The molecule has 6 aliphatic carbocycles. The molecule has 0 radical (unpaired) electrons. The maximum atomic E-state index is 5.53. The van der Waals surface area contributed by atoms with Gasteiger partial charge in [-0.05, 0) is 122 Å². The molecule has 5 nitrogen and oxygen atoms in total. The summed E-state index contributed by atoms with van der Waals surface area (Å²) in [5, 5.41) is 10.4. The molecule has 1 N–H and O–H groups in total. The topological polar surface area (TPSA) is 46.6 Å². The van der Waals surface area contributed by atoms with E-state index in [0.29, 0.717) is 5.92 Å². The Bertz CT molecular complexity index is 3380. The van der Waals surface area contributed by atoms with Crippen molar-refractivity contribution in [2.75, 3.05) is 0 Å². The van der Waals surface area contributed by atoms with Crippen LogP contribution in [-0.4, -0.2) is 27.0 Å². The van der Waals surface area contributed by atoms with Gasteiger partial charge >= 0.3 is 0 Å². The van der Waals surface area contributed by atoms with E-state index < -0.39 is 0 Å². The molecule has 13 rings (SSSR count). The predicted molar refractivity (Wildman–Crippen MR) is 259 cm³/mol. The molecule has 4 aromatic carbocycles. The number of para-hydroxylation sites is 1. The predicted octanol–water partition coefficient (Wildman–Crippen LogP) is 11.3. The summed E-state index contributed by atoms with van der Waals surface area (Å²) in [6.07, 6.45) is 38.7. The molecular formula is C57H47N5. The number of nitrogens with zero attached hydrogens (tertiary/aromatic N) is 4. The molecule has 0 fully saturated rings. The zero-order valence-corrected chi connectivity index (χ0v) is 34.8. The third-order valence-electron chi connectivity index (χ3n) is 14.2. The van der Waals surface area contributed by atoms with Crippen LogP contribution >= 0.6 is 0 Å². The van der Waals surface area contributed by atoms with Crippen molar-refractivity contribution in [1.82, 2.24) is 14.5 Å².